The van der Waals surface area contributed by atoms with E-state index in [2.05, 4.69) is 10.6 Å². The van der Waals surface area contributed by atoms with Gasteiger partial charge in [0, 0.05) is 16.1 Å². The molecule has 1 heterocycles. The third kappa shape index (κ3) is 5.44. The number of rotatable bonds is 7. The summed E-state index contributed by atoms with van der Waals surface area (Å²) in [5.41, 5.74) is 11.4. The van der Waals surface area contributed by atoms with Crippen molar-refractivity contribution >= 4 is 39.7 Å². The summed E-state index contributed by atoms with van der Waals surface area (Å²) in [6.45, 7) is 7.62. The lowest BCUT2D eigenvalue weighted by atomic mass is 9.95. The molecule has 8 heteroatoms. The van der Waals surface area contributed by atoms with E-state index < -0.39 is 12.0 Å². The summed E-state index contributed by atoms with van der Waals surface area (Å²) in [5.74, 6) is -0.640. The summed E-state index contributed by atoms with van der Waals surface area (Å²) in [6.07, 6.45) is 3.05. The van der Waals surface area contributed by atoms with Crippen molar-refractivity contribution in [1.29, 1.82) is 0 Å². The maximum absolute atomic E-state index is 12.9. The maximum atomic E-state index is 12.9. The van der Waals surface area contributed by atoms with Gasteiger partial charge in [0.25, 0.3) is 17.7 Å². The van der Waals surface area contributed by atoms with Gasteiger partial charge in [-0.25, -0.2) is 0 Å². The number of carbonyl (C=O) groups is 3. The molecule has 0 fully saturated rings. The fourth-order valence-electron chi connectivity index (χ4n) is 4.63. The van der Waals surface area contributed by atoms with Crippen LogP contribution in [0, 0.1) is 20.8 Å². The van der Waals surface area contributed by atoms with Crippen LogP contribution in [0.2, 0.25) is 0 Å². The average molecular weight is 506 g/mol. The van der Waals surface area contributed by atoms with Crippen LogP contribution in [-0.2, 0) is 17.6 Å². The highest BCUT2D eigenvalue weighted by molar-refractivity contribution is 7.17. The number of anilines is 2. The van der Waals surface area contributed by atoms with Crippen molar-refractivity contribution in [1.82, 2.24) is 0 Å². The van der Waals surface area contributed by atoms with Gasteiger partial charge in [0.1, 0.15) is 10.8 Å². The van der Waals surface area contributed by atoms with E-state index in [9.17, 15) is 14.4 Å². The van der Waals surface area contributed by atoms with Gasteiger partial charge in [-0.05, 0) is 94.3 Å². The number of hydrogen-bond acceptors (Lipinski definition) is 5. The van der Waals surface area contributed by atoms with Gasteiger partial charge in [-0.2, -0.15) is 0 Å². The third-order valence-corrected chi connectivity index (χ3v) is 7.58. The predicted octanol–water partition coefficient (Wildman–Crippen LogP) is 5.31. The second-order valence-electron chi connectivity index (χ2n) is 9.28. The zero-order chi connectivity index (χ0) is 26.0. The van der Waals surface area contributed by atoms with Crippen molar-refractivity contribution in [2.24, 2.45) is 5.73 Å². The molecule has 36 heavy (non-hydrogen) atoms. The highest BCUT2D eigenvalue weighted by Gasteiger charge is 2.25. The largest absolute Gasteiger partial charge is 0.481 e. The third-order valence-electron chi connectivity index (χ3n) is 6.37. The van der Waals surface area contributed by atoms with Gasteiger partial charge < -0.3 is 21.1 Å². The number of ether oxygens (including phenoxy) is 1. The Morgan fingerprint density at radius 2 is 1.61 bits per heavy atom. The van der Waals surface area contributed by atoms with Crippen LogP contribution >= 0.6 is 11.3 Å². The molecule has 1 aliphatic carbocycles. The molecule has 0 saturated heterocycles. The Balaban J connectivity index is 1.41. The lowest BCUT2D eigenvalue weighted by Gasteiger charge is -2.18. The number of aryl methyl sites for hydroxylation is 4. The first kappa shape index (κ1) is 25.4. The summed E-state index contributed by atoms with van der Waals surface area (Å²) < 4.78 is 5.81. The number of amides is 3. The van der Waals surface area contributed by atoms with E-state index in [4.69, 9.17) is 10.5 Å². The standard InChI is InChI=1S/C28H31N3O4S/c1-15-13-16(2)24(17(3)14-15)30-26(33)18(4)35-20-11-9-19(10-12-20)27(34)31-28-23(25(29)32)21-7-5-6-8-22(21)36-28/h9-14,18H,5-8H2,1-4H3,(H2,29,32)(H,30,33)(H,31,34)/t18-/m1/s1. The minimum absolute atomic E-state index is 0.257. The van der Waals surface area contributed by atoms with Gasteiger partial charge in [0.2, 0.25) is 0 Å². The molecule has 1 atom stereocenters. The molecule has 3 aromatic rings. The topological polar surface area (TPSA) is 111 Å². The van der Waals surface area contributed by atoms with E-state index >= 15 is 0 Å². The van der Waals surface area contributed by atoms with Crippen LogP contribution in [0.3, 0.4) is 0 Å². The van der Waals surface area contributed by atoms with E-state index in [-0.39, 0.29) is 11.8 Å². The lowest BCUT2D eigenvalue weighted by Crippen LogP contribution is -2.30. The van der Waals surface area contributed by atoms with Gasteiger partial charge in [-0.1, -0.05) is 17.7 Å². The van der Waals surface area contributed by atoms with E-state index in [1.807, 2.05) is 32.9 Å². The van der Waals surface area contributed by atoms with Crippen molar-refractivity contribution in [3.05, 3.63) is 74.7 Å². The highest BCUT2D eigenvalue weighted by Crippen LogP contribution is 2.38. The molecule has 7 nitrogen and oxygen atoms in total. The first-order valence-electron chi connectivity index (χ1n) is 12.0. The Morgan fingerprint density at radius 1 is 0.972 bits per heavy atom. The number of benzene rings is 2. The Hall–Kier alpha value is -3.65. The molecule has 2 aromatic carbocycles. The zero-order valence-electron chi connectivity index (χ0n) is 21.0. The van der Waals surface area contributed by atoms with Gasteiger partial charge >= 0.3 is 0 Å². The fourth-order valence-corrected chi connectivity index (χ4v) is 5.92. The highest BCUT2D eigenvalue weighted by atomic mass is 32.1. The molecule has 0 radical (unpaired) electrons. The van der Waals surface area contributed by atoms with Crippen molar-refractivity contribution in [3.63, 3.8) is 0 Å². The molecule has 1 aromatic heterocycles. The molecule has 0 spiro atoms. The lowest BCUT2D eigenvalue weighted by molar-refractivity contribution is -0.122. The normalized spacial score (nSPS) is 13.4. The Morgan fingerprint density at radius 3 is 2.25 bits per heavy atom. The molecule has 4 N–H and O–H groups in total. The van der Waals surface area contributed by atoms with Gasteiger partial charge in [0.05, 0.1) is 5.56 Å². The van der Waals surface area contributed by atoms with Gasteiger partial charge in [-0.3, -0.25) is 14.4 Å². The van der Waals surface area contributed by atoms with Crippen molar-refractivity contribution in [3.8, 4) is 5.75 Å². The summed E-state index contributed by atoms with van der Waals surface area (Å²) in [7, 11) is 0. The zero-order valence-corrected chi connectivity index (χ0v) is 21.8. The molecule has 3 amide bonds. The molecule has 0 unspecified atom stereocenters. The number of carbonyl (C=O) groups excluding carboxylic acids is 3. The summed E-state index contributed by atoms with van der Waals surface area (Å²) in [5, 5.41) is 6.32. The molecular weight excluding hydrogens is 474 g/mol. The first-order chi connectivity index (χ1) is 17.1. The minimum atomic E-state index is -0.736. The van der Waals surface area contributed by atoms with Gasteiger partial charge in [-0.15, -0.1) is 11.3 Å². The van der Waals surface area contributed by atoms with E-state index in [0.717, 1.165) is 58.5 Å². The monoisotopic (exact) mass is 505 g/mol. The summed E-state index contributed by atoms with van der Waals surface area (Å²) in [4.78, 5) is 38.8. The molecule has 0 bridgehead atoms. The molecule has 0 aliphatic heterocycles. The minimum Gasteiger partial charge on any atom is -0.481 e. The Labute approximate surface area is 215 Å². The van der Waals surface area contributed by atoms with Crippen molar-refractivity contribution < 1.29 is 19.1 Å². The van der Waals surface area contributed by atoms with Crippen molar-refractivity contribution in [2.75, 3.05) is 10.6 Å². The van der Waals surface area contributed by atoms with Crippen LogP contribution in [0.5, 0.6) is 5.75 Å². The number of nitrogens with one attached hydrogen (secondary N) is 2. The van der Waals surface area contributed by atoms with Crippen LogP contribution < -0.4 is 21.1 Å². The maximum Gasteiger partial charge on any atom is 0.265 e. The van der Waals surface area contributed by atoms with Crippen molar-refractivity contribution in [2.45, 2.75) is 59.5 Å². The number of fused-ring (bicyclic) bond motifs is 1. The second-order valence-corrected chi connectivity index (χ2v) is 10.4. The predicted molar refractivity (Wildman–Crippen MR) is 143 cm³/mol. The number of primary amides is 1. The Bertz CT molecular complexity index is 1300. The number of nitrogens with two attached hydrogens (primary N) is 1. The van der Waals surface area contributed by atoms with Crippen LogP contribution in [0.4, 0.5) is 10.7 Å². The number of hydrogen-bond donors (Lipinski definition) is 3. The van der Waals surface area contributed by atoms with E-state index in [1.165, 1.54) is 11.3 Å². The average Bonchev–Trinajstić information content (AvgIpc) is 3.19. The fraction of sp³-hybridized carbons (Fsp3) is 0.321. The first-order valence-corrected chi connectivity index (χ1v) is 12.9. The van der Waals surface area contributed by atoms with Crippen LogP contribution in [0.15, 0.2) is 36.4 Å². The molecule has 1 aliphatic rings. The summed E-state index contributed by atoms with van der Waals surface area (Å²) in [6, 6.07) is 10.6. The Kier molecular flexibility index (Phi) is 7.45. The SMILES string of the molecule is Cc1cc(C)c(NC(=O)[C@@H](C)Oc2ccc(C(=O)Nc3sc4c(c3C(N)=O)CCCC4)cc2)c(C)c1. The van der Waals surface area contributed by atoms with E-state index in [0.29, 0.717) is 21.9 Å². The van der Waals surface area contributed by atoms with Gasteiger partial charge in [0.15, 0.2) is 6.10 Å². The quantitative estimate of drug-likeness (QED) is 0.404. The second kappa shape index (κ2) is 10.5. The molecule has 188 valence electrons. The van der Waals surface area contributed by atoms with Crippen LogP contribution in [-0.4, -0.2) is 23.8 Å². The molecule has 4 rings (SSSR count). The van der Waals surface area contributed by atoms with Crippen LogP contribution in [0.1, 0.15) is 67.6 Å². The smallest absolute Gasteiger partial charge is 0.265 e. The summed E-state index contributed by atoms with van der Waals surface area (Å²) >= 11 is 1.43. The molecular formula is C28H31N3O4S. The van der Waals surface area contributed by atoms with Crippen LogP contribution in [0.25, 0.3) is 0 Å². The number of thiophene rings is 1. The molecule has 0 saturated carbocycles. The van der Waals surface area contributed by atoms with E-state index in [1.54, 1.807) is 31.2 Å².